The van der Waals surface area contributed by atoms with Crippen LogP contribution in [-0.4, -0.2) is 17.9 Å². The van der Waals surface area contributed by atoms with Crippen molar-refractivity contribution < 1.29 is 14.3 Å². The molecule has 0 bridgehead atoms. The van der Waals surface area contributed by atoms with E-state index in [1.54, 1.807) is 25.1 Å². The summed E-state index contributed by atoms with van der Waals surface area (Å²) in [5, 5.41) is 1.00. The smallest absolute Gasteiger partial charge is 0.349 e. The zero-order valence-corrected chi connectivity index (χ0v) is 14.4. The highest BCUT2D eigenvalue weighted by Crippen LogP contribution is 2.26. The number of ether oxygens (including phenoxy) is 1. The van der Waals surface area contributed by atoms with Gasteiger partial charge >= 0.3 is 5.97 Å². The summed E-state index contributed by atoms with van der Waals surface area (Å²) in [5.41, 5.74) is 1.73. The Morgan fingerprint density at radius 3 is 2.46 bits per heavy atom. The third-order valence-corrected chi connectivity index (χ3v) is 5.02. The first kappa shape index (κ1) is 16.4. The number of hydrogen-bond donors (Lipinski definition) is 0. The maximum absolute atomic E-state index is 12.4. The Kier molecular flexibility index (Phi) is 4.76. The monoisotopic (exact) mass is 338 g/mol. The molecule has 0 radical (unpaired) electrons. The molecule has 0 amide bonds. The third-order valence-electron chi connectivity index (χ3n) is 3.93. The molecule has 0 aliphatic heterocycles. The predicted octanol–water partition coefficient (Wildman–Crippen LogP) is 4.89. The van der Waals surface area contributed by atoms with Gasteiger partial charge in [-0.1, -0.05) is 49.4 Å². The molecule has 1 atom stereocenters. The minimum absolute atomic E-state index is 0.188. The Morgan fingerprint density at radius 2 is 1.79 bits per heavy atom. The minimum Gasteiger partial charge on any atom is -0.450 e. The summed E-state index contributed by atoms with van der Waals surface area (Å²) in [6.45, 7) is 3.67. The Morgan fingerprint density at radius 1 is 1.08 bits per heavy atom. The van der Waals surface area contributed by atoms with Crippen molar-refractivity contribution in [3.8, 4) is 0 Å². The lowest BCUT2D eigenvalue weighted by molar-refractivity contribution is 0.0323. The summed E-state index contributed by atoms with van der Waals surface area (Å²) in [5.74, 6) is -0.644. The number of Topliss-reactive ketones (excluding diaryl/α,β-unsaturated/α-hetero) is 1. The number of hydrogen-bond acceptors (Lipinski definition) is 4. The van der Waals surface area contributed by atoms with Gasteiger partial charge in [0, 0.05) is 10.3 Å². The van der Waals surface area contributed by atoms with Crippen LogP contribution in [0.15, 0.2) is 54.6 Å². The highest BCUT2D eigenvalue weighted by atomic mass is 32.1. The maximum Gasteiger partial charge on any atom is 0.349 e. The first-order valence-electron chi connectivity index (χ1n) is 7.91. The van der Waals surface area contributed by atoms with Crippen LogP contribution in [0.25, 0.3) is 10.1 Å². The second-order valence-electron chi connectivity index (χ2n) is 5.61. The molecule has 0 fully saturated rings. The summed E-state index contributed by atoms with van der Waals surface area (Å²) in [6.07, 6.45) is 0.112. The van der Waals surface area contributed by atoms with Crippen LogP contribution in [0.4, 0.5) is 0 Å². The lowest BCUT2D eigenvalue weighted by Gasteiger charge is -2.11. The largest absolute Gasteiger partial charge is 0.450 e. The van der Waals surface area contributed by atoms with Crippen molar-refractivity contribution in [2.45, 2.75) is 26.4 Å². The minimum atomic E-state index is -0.810. The molecule has 0 spiro atoms. The number of thiophene rings is 1. The van der Waals surface area contributed by atoms with Gasteiger partial charge in [-0.2, -0.15) is 0 Å². The van der Waals surface area contributed by atoms with Crippen LogP contribution in [0.5, 0.6) is 0 Å². The van der Waals surface area contributed by atoms with Gasteiger partial charge in [0.1, 0.15) is 4.88 Å². The quantitative estimate of drug-likeness (QED) is 0.491. The van der Waals surface area contributed by atoms with E-state index >= 15 is 0 Å². The molecule has 122 valence electrons. The normalized spacial score (nSPS) is 12.1. The van der Waals surface area contributed by atoms with Crippen molar-refractivity contribution in [1.82, 2.24) is 0 Å². The molecular weight excluding hydrogens is 320 g/mol. The molecule has 0 unspecified atom stereocenters. The van der Waals surface area contributed by atoms with E-state index in [0.717, 1.165) is 16.5 Å². The number of benzene rings is 2. The molecular formula is C20H18O3S. The van der Waals surface area contributed by atoms with E-state index in [-0.39, 0.29) is 5.78 Å². The average Bonchev–Trinajstić information content (AvgIpc) is 3.05. The van der Waals surface area contributed by atoms with Crippen LogP contribution in [0.2, 0.25) is 0 Å². The van der Waals surface area contributed by atoms with Crippen molar-refractivity contribution in [2.24, 2.45) is 0 Å². The third kappa shape index (κ3) is 3.39. The molecule has 0 aliphatic rings. The number of ketones is 1. The summed E-state index contributed by atoms with van der Waals surface area (Å²) in [4.78, 5) is 25.2. The van der Waals surface area contributed by atoms with Crippen LogP contribution in [0.1, 0.15) is 39.4 Å². The second kappa shape index (κ2) is 6.97. The first-order valence-corrected chi connectivity index (χ1v) is 8.73. The van der Waals surface area contributed by atoms with Crippen molar-refractivity contribution in [1.29, 1.82) is 0 Å². The number of fused-ring (bicyclic) bond motifs is 1. The van der Waals surface area contributed by atoms with Gasteiger partial charge in [-0.3, -0.25) is 4.79 Å². The highest BCUT2D eigenvalue weighted by molar-refractivity contribution is 7.20. The number of esters is 1. The summed E-state index contributed by atoms with van der Waals surface area (Å²) in [7, 11) is 0. The molecule has 0 saturated carbocycles. The average molecular weight is 338 g/mol. The molecule has 3 rings (SSSR count). The van der Waals surface area contributed by atoms with Crippen molar-refractivity contribution in [2.75, 3.05) is 0 Å². The maximum atomic E-state index is 12.4. The lowest BCUT2D eigenvalue weighted by atomic mass is 10.0. The summed E-state index contributed by atoms with van der Waals surface area (Å²) in [6, 6.07) is 17.0. The highest BCUT2D eigenvalue weighted by Gasteiger charge is 2.21. The van der Waals surface area contributed by atoms with Gasteiger partial charge in [0.05, 0.1) is 0 Å². The number of carbonyl (C=O) groups excluding carboxylic acids is 2. The van der Waals surface area contributed by atoms with Crippen molar-refractivity contribution in [3.63, 3.8) is 0 Å². The molecule has 1 heterocycles. The Balaban J connectivity index is 1.71. The zero-order valence-electron chi connectivity index (χ0n) is 13.6. The molecule has 0 aliphatic carbocycles. The topological polar surface area (TPSA) is 43.4 Å². The number of aryl methyl sites for hydroxylation is 1. The van der Waals surface area contributed by atoms with Crippen molar-refractivity contribution in [3.05, 3.63) is 70.6 Å². The van der Waals surface area contributed by atoms with Gasteiger partial charge in [0.25, 0.3) is 0 Å². The fraction of sp³-hybridized carbons (Fsp3) is 0.200. The van der Waals surface area contributed by atoms with Crippen LogP contribution in [0.3, 0.4) is 0 Å². The summed E-state index contributed by atoms with van der Waals surface area (Å²) >= 11 is 1.37. The molecule has 3 aromatic rings. The first-order chi connectivity index (χ1) is 11.6. The second-order valence-corrected chi connectivity index (χ2v) is 6.69. The fourth-order valence-corrected chi connectivity index (χ4v) is 3.44. The fourth-order valence-electron chi connectivity index (χ4n) is 2.49. The summed E-state index contributed by atoms with van der Waals surface area (Å²) < 4.78 is 6.39. The van der Waals surface area contributed by atoms with E-state index in [9.17, 15) is 9.59 Å². The van der Waals surface area contributed by atoms with E-state index in [1.165, 1.54) is 16.9 Å². The van der Waals surface area contributed by atoms with Crippen LogP contribution >= 0.6 is 11.3 Å². The van der Waals surface area contributed by atoms with Gasteiger partial charge in [0.15, 0.2) is 6.10 Å². The predicted molar refractivity (Wildman–Crippen MR) is 96.9 cm³/mol. The van der Waals surface area contributed by atoms with E-state index in [0.29, 0.717) is 10.4 Å². The molecule has 2 aromatic carbocycles. The van der Waals surface area contributed by atoms with Gasteiger partial charge in [0.2, 0.25) is 5.78 Å². The molecule has 0 saturated heterocycles. The van der Waals surface area contributed by atoms with Crippen LogP contribution in [-0.2, 0) is 11.2 Å². The van der Waals surface area contributed by atoms with Gasteiger partial charge in [-0.25, -0.2) is 4.79 Å². The Bertz CT molecular complexity index is 844. The van der Waals surface area contributed by atoms with Gasteiger partial charge in [-0.15, -0.1) is 11.3 Å². The molecule has 0 N–H and O–H groups in total. The molecule has 1 aromatic heterocycles. The van der Waals surface area contributed by atoms with E-state index in [1.807, 2.05) is 36.4 Å². The number of carbonyl (C=O) groups is 2. The lowest BCUT2D eigenvalue weighted by Crippen LogP contribution is -2.24. The van der Waals surface area contributed by atoms with Gasteiger partial charge < -0.3 is 4.74 Å². The van der Waals surface area contributed by atoms with Gasteiger partial charge in [-0.05, 0) is 36.4 Å². The van der Waals surface area contributed by atoms with Crippen LogP contribution in [0, 0.1) is 0 Å². The number of rotatable bonds is 5. The van der Waals surface area contributed by atoms with E-state index in [2.05, 4.69) is 6.92 Å². The molecule has 3 nitrogen and oxygen atoms in total. The Labute approximate surface area is 144 Å². The molecule has 24 heavy (non-hydrogen) atoms. The van der Waals surface area contributed by atoms with E-state index in [4.69, 9.17) is 4.74 Å². The van der Waals surface area contributed by atoms with E-state index < -0.39 is 12.1 Å². The SMILES string of the molecule is CCc1ccc(C(=O)[C@@H](C)OC(=O)c2cc3ccccc3s2)cc1. The molecule has 4 heteroatoms. The van der Waals surface area contributed by atoms with Crippen LogP contribution < -0.4 is 0 Å². The Hall–Kier alpha value is -2.46. The zero-order chi connectivity index (χ0) is 17.1. The van der Waals surface area contributed by atoms with Crippen molar-refractivity contribution >= 4 is 33.2 Å². The standard InChI is InChI=1S/C20H18O3S/c1-3-14-8-10-15(11-9-14)19(21)13(2)23-20(22)18-12-16-6-4-5-7-17(16)24-18/h4-13H,3H2,1-2H3/t13-/m1/s1.